The number of nitrogens with one attached hydrogen (secondary N) is 1. The van der Waals surface area contributed by atoms with E-state index < -0.39 is 23.7 Å². The first-order chi connectivity index (χ1) is 11.8. The molecule has 1 aromatic carbocycles. The molecule has 2 N–H and O–H groups in total. The number of hydrogen-bond donors (Lipinski definition) is 2. The van der Waals surface area contributed by atoms with Gasteiger partial charge in [-0.05, 0) is 30.9 Å². The summed E-state index contributed by atoms with van der Waals surface area (Å²) in [7, 11) is 0. The Balaban J connectivity index is 2.24. The van der Waals surface area contributed by atoms with Gasteiger partial charge in [-0.15, -0.1) is 0 Å². The van der Waals surface area contributed by atoms with Gasteiger partial charge in [-0.1, -0.05) is 44.1 Å². The van der Waals surface area contributed by atoms with Crippen LogP contribution in [0.3, 0.4) is 0 Å². The van der Waals surface area contributed by atoms with Crippen molar-refractivity contribution in [2.45, 2.75) is 51.2 Å². The molecule has 1 aromatic rings. The van der Waals surface area contributed by atoms with Crippen LogP contribution in [-0.2, 0) is 17.4 Å². The van der Waals surface area contributed by atoms with Gasteiger partial charge >= 0.3 is 6.18 Å². The van der Waals surface area contributed by atoms with Crippen LogP contribution in [0.5, 0.6) is 0 Å². The zero-order valence-electron chi connectivity index (χ0n) is 13.9. The van der Waals surface area contributed by atoms with Crippen LogP contribution in [0.4, 0.5) is 13.2 Å². The van der Waals surface area contributed by atoms with E-state index in [1.807, 2.05) is 6.92 Å². The molecule has 1 unspecified atom stereocenters. The Kier molecular flexibility index (Phi) is 6.40. The van der Waals surface area contributed by atoms with Crippen molar-refractivity contribution >= 4 is 23.1 Å². The molecule has 1 aliphatic rings. The normalized spacial score (nSPS) is 17.2. The molecule has 4 nitrogen and oxygen atoms in total. The third-order valence-electron chi connectivity index (χ3n) is 4.41. The maximum absolute atomic E-state index is 13.4. The van der Waals surface area contributed by atoms with Crippen LogP contribution in [0, 0.1) is 0 Å². The van der Waals surface area contributed by atoms with E-state index in [-0.39, 0.29) is 16.1 Å². The Labute approximate surface area is 150 Å². The Morgan fingerprint density at radius 1 is 1.40 bits per heavy atom. The van der Waals surface area contributed by atoms with Crippen LogP contribution in [0.2, 0.25) is 0 Å². The zero-order valence-corrected chi connectivity index (χ0v) is 14.7. The predicted molar refractivity (Wildman–Crippen MR) is 91.4 cm³/mol. The van der Waals surface area contributed by atoms with Crippen molar-refractivity contribution in [3.8, 4) is 0 Å². The van der Waals surface area contributed by atoms with Crippen LogP contribution in [0.1, 0.15) is 49.3 Å². The topological polar surface area (TPSA) is 52.6 Å². The highest BCUT2D eigenvalue weighted by molar-refractivity contribution is 7.80. The molecule has 0 spiro atoms. The number of halogens is 3. The fourth-order valence-corrected chi connectivity index (χ4v) is 3.25. The number of alkyl halides is 3. The Bertz CT molecular complexity index is 649. The van der Waals surface area contributed by atoms with Crippen molar-refractivity contribution in [2.75, 3.05) is 6.54 Å². The predicted octanol–water partition coefficient (Wildman–Crippen LogP) is 3.69. The number of thiocarbonyl (C=S) groups is 1. The second kappa shape index (κ2) is 8.14. The third-order valence-corrected chi connectivity index (χ3v) is 4.88. The minimum atomic E-state index is -4.45. The number of unbranched alkanes of at least 4 members (excludes halogenated alkanes) is 2. The zero-order chi connectivity index (χ0) is 18.6. The van der Waals surface area contributed by atoms with Gasteiger partial charge in [0.1, 0.15) is 11.0 Å². The highest BCUT2D eigenvalue weighted by Crippen LogP contribution is 2.34. The van der Waals surface area contributed by atoms with Gasteiger partial charge in [0, 0.05) is 12.1 Å². The Morgan fingerprint density at radius 2 is 2.12 bits per heavy atom. The molecule has 1 heterocycles. The minimum Gasteiger partial charge on any atom is -0.350 e. The second-order valence-electron chi connectivity index (χ2n) is 6.11. The lowest BCUT2D eigenvalue weighted by Gasteiger charge is -2.41. The van der Waals surface area contributed by atoms with Gasteiger partial charge in [-0.2, -0.15) is 13.2 Å². The van der Waals surface area contributed by atoms with E-state index >= 15 is 0 Å². The number of carbonyl (C=O) groups excluding carboxylic acids is 1. The summed E-state index contributed by atoms with van der Waals surface area (Å²) in [6.07, 6.45) is -1.07. The number of amides is 1. The van der Waals surface area contributed by atoms with Gasteiger partial charge in [-0.25, -0.2) is 5.48 Å². The molecule has 0 saturated carbocycles. The Hall–Kier alpha value is -1.67. The van der Waals surface area contributed by atoms with Crippen molar-refractivity contribution in [3.63, 3.8) is 0 Å². The van der Waals surface area contributed by atoms with Crippen molar-refractivity contribution in [2.24, 2.45) is 0 Å². The second-order valence-corrected chi connectivity index (χ2v) is 6.49. The average molecular weight is 374 g/mol. The van der Waals surface area contributed by atoms with Gasteiger partial charge in [-0.3, -0.25) is 10.0 Å². The average Bonchev–Trinajstić information content (AvgIpc) is 2.53. The van der Waals surface area contributed by atoms with Crippen LogP contribution in [0.15, 0.2) is 18.2 Å². The van der Waals surface area contributed by atoms with Crippen molar-refractivity contribution in [1.82, 2.24) is 10.4 Å². The van der Waals surface area contributed by atoms with Gasteiger partial charge in [0.2, 0.25) is 0 Å². The molecule has 0 aliphatic carbocycles. The molecule has 1 aliphatic heterocycles. The monoisotopic (exact) mass is 374 g/mol. The van der Waals surface area contributed by atoms with Gasteiger partial charge in [0.25, 0.3) is 5.91 Å². The van der Waals surface area contributed by atoms with E-state index in [0.717, 1.165) is 18.9 Å². The number of hydroxylamine groups is 1. The number of rotatable bonds is 6. The lowest BCUT2D eigenvalue weighted by atomic mass is 9.96. The van der Waals surface area contributed by atoms with Crippen molar-refractivity contribution in [1.29, 1.82) is 0 Å². The number of aryl methyl sites for hydroxylation is 1. The lowest BCUT2D eigenvalue weighted by molar-refractivity contribution is -0.138. The summed E-state index contributed by atoms with van der Waals surface area (Å²) in [5, 5.41) is 8.71. The van der Waals surface area contributed by atoms with E-state index in [1.165, 1.54) is 11.0 Å². The maximum atomic E-state index is 13.4. The number of hydrogen-bond acceptors (Lipinski definition) is 3. The fourth-order valence-electron chi connectivity index (χ4n) is 2.90. The highest BCUT2D eigenvalue weighted by atomic mass is 32.1. The SMILES string of the molecule is CCCCCc1ccc(C(=S)N2CCC2C(=O)NO)cc1C(F)(F)F. The molecule has 1 saturated heterocycles. The summed E-state index contributed by atoms with van der Waals surface area (Å²) >= 11 is 5.27. The largest absolute Gasteiger partial charge is 0.416 e. The summed E-state index contributed by atoms with van der Waals surface area (Å²) in [5.74, 6) is -0.610. The molecule has 138 valence electrons. The Morgan fingerprint density at radius 3 is 2.64 bits per heavy atom. The van der Waals surface area contributed by atoms with Gasteiger partial charge < -0.3 is 4.90 Å². The summed E-state index contributed by atoms with van der Waals surface area (Å²) in [6.45, 7) is 2.47. The van der Waals surface area contributed by atoms with E-state index in [9.17, 15) is 18.0 Å². The molecule has 1 fully saturated rings. The minimum absolute atomic E-state index is 0.186. The van der Waals surface area contributed by atoms with Crippen molar-refractivity contribution in [3.05, 3.63) is 34.9 Å². The van der Waals surface area contributed by atoms with E-state index in [4.69, 9.17) is 17.4 Å². The number of carbonyl (C=O) groups is 1. The number of likely N-dealkylation sites (tertiary alicyclic amines) is 1. The van der Waals surface area contributed by atoms with Gasteiger partial charge in [0.05, 0.1) is 5.56 Å². The fraction of sp³-hybridized carbons (Fsp3) is 0.529. The van der Waals surface area contributed by atoms with E-state index in [2.05, 4.69) is 0 Å². The van der Waals surface area contributed by atoms with Crippen molar-refractivity contribution < 1.29 is 23.2 Å². The molecule has 1 amide bonds. The van der Waals surface area contributed by atoms with Crippen LogP contribution >= 0.6 is 12.2 Å². The standard InChI is InChI=1S/C17H21F3N2O2S/c1-2-3-4-5-11-6-7-12(10-13(11)17(18,19)20)16(25)22-9-8-14(22)15(23)21-24/h6-7,10,14,24H,2-5,8-9H2,1H3,(H,21,23). The highest BCUT2D eigenvalue weighted by Gasteiger charge is 2.37. The lowest BCUT2D eigenvalue weighted by Crippen LogP contribution is -2.57. The third kappa shape index (κ3) is 4.49. The first-order valence-electron chi connectivity index (χ1n) is 8.24. The molecule has 0 bridgehead atoms. The molecule has 0 aromatic heterocycles. The maximum Gasteiger partial charge on any atom is 0.416 e. The first-order valence-corrected chi connectivity index (χ1v) is 8.65. The molecule has 2 rings (SSSR count). The first kappa shape index (κ1) is 19.7. The quantitative estimate of drug-likeness (QED) is 0.345. The molecule has 0 radical (unpaired) electrons. The molecule has 1 atom stereocenters. The van der Waals surface area contributed by atoms with Crippen LogP contribution in [-0.4, -0.2) is 33.6 Å². The van der Waals surface area contributed by atoms with E-state index in [1.54, 1.807) is 11.5 Å². The van der Waals surface area contributed by atoms with E-state index in [0.29, 0.717) is 25.8 Å². The van der Waals surface area contributed by atoms with Crippen LogP contribution < -0.4 is 5.48 Å². The molecule has 25 heavy (non-hydrogen) atoms. The summed E-state index contributed by atoms with van der Waals surface area (Å²) in [4.78, 5) is 13.2. The van der Waals surface area contributed by atoms with Gasteiger partial charge in [0.15, 0.2) is 0 Å². The number of nitrogens with zero attached hydrogens (tertiary/aromatic N) is 1. The molecular weight excluding hydrogens is 353 g/mol. The molecular formula is C17H21F3N2O2S. The smallest absolute Gasteiger partial charge is 0.350 e. The number of benzene rings is 1. The van der Waals surface area contributed by atoms with Crippen LogP contribution in [0.25, 0.3) is 0 Å². The molecule has 8 heteroatoms. The summed E-state index contributed by atoms with van der Waals surface area (Å²) in [5.41, 5.74) is 1.41. The summed E-state index contributed by atoms with van der Waals surface area (Å²) < 4.78 is 40.2. The summed E-state index contributed by atoms with van der Waals surface area (Å²) in [6, 6.07) is 3.47.